The van der Waals surface area contributed by atoms with E-state index in [4.69, 9.17) is 9.47 Å². The standard InChI is InChI=1S/C24H27NO3/c1-3-18-9-12-21(13-10-18)28-23(4-2)24(26)25-15-16-27-22-14-11-19-7-5-6-8-20(19)17-22/h5-14,17,23H,3-4,15-16H2,1-2H3,(H,25,26)/t23-/m0/s1. The zero-order chi connectivity index (χ0) is 19.8. The van der Waals surface area contributed by atoms with Crippen LogP contribution in [-0.4, -0.2) is 25.2 Å². The van der Waals surface area contributed by atoms with Crippen LogP contribution in [0.2, 0.25) is 0 Å². The van der Waals surface area contributed by atoms with Crippen molar-refractivity contribution < 1.29 is 14.3 Å². The number of nitrogens with one attached hydrogen (secondary N) is 1. The van der Waals surface area contributed by atoms with Gasteiger partial charge in [-0.15, -0.1) is 0 Å². The molecule has 1 N–H and O–H groups in total. The molecule has 0 fully saturated rings. The Morgan fingerprint density at radius 3 is 2.36 bits per heavy atom. The summed E-state index contributed by atoms with van der Waals surface area (Å²) in [5.74, 6) is 1.39. The number of hydrogen-bond donors (Lipinski definition) is 1. The summed E-state index contributed by atoms with van der Waals surface area (Å²) in [6.45, 7) is 4.89. The lowest BCUT2D eigenvalue weighted by atomic mass is 10.1. The highest BCUT2D eigenvalue weighted by Gasteiger charge is 2.17. The highest BCUT2D eigenvalue weighted by Crippen LogP contribution is 2.20. The smallest absolute Gasteiger partial charge is 0.261 e. The van der Waals surface area contributed by atoms with E-state index in [0.29, 0.717) is 25.3 Å². The third-order valence-electron chi connectivity index (χ3n) is 4.66. The molecule has 0 saturated carbocycles. The number of aryl methyl sites for hydroxylation is 1. The van der Waals surface area contributed by atoms with Gasteiger partial charge in [0.2, 0.25) is 0 Å². The average Bonchev–Trinajstić information content (AvgIpc) is 2.75. The number of hydrogen-bond acceptors (Lipinski definition) is 3. The largest absolute Gasteiger partial charge is 0.492 e. The van der Waals surface area contributed by atoms with Crippen LogP contribution in [0.3, 0.4) is 0 Å². The number of carbonyl (C=O) groups excluding carboxylic acids is 1. The normalized spacial score (nSPS) is 11.8. The van der Waals surface area contributed by atoms with E-state index in [0.717, 1.165) is 17.6 Å². The predicted molar refractivity (Wildman–Crippen MR) is 113 cm³/mol. The van der Waals surface area contributed by atoms with Crippen LogP contribution in [0.4, 0.5) is 0 Å². The van der Waals surface area contributed by atoms with Crippen molar-refractivity contribution in [3.8, 4) is 11.5 Å². The highest BCUT2D eigenvalue weighted by atomic mass is 16.5. The highest BCUT2D eigenvalue weighted by molar-refractivity contribution is 5.83. The average molecular weight is 377 g/mol. The lowest BCUT2D eigenvalue weighted by Crippen LogP contribution is -2.39. The summed E-state index contributed by atoms with van der Waals surface area (Å²) in [6.07, 6.45) is 1.08. The van der Waals surface area contributed by atoms with Crippen molar-refractivity contribution in [1.82, 2.24) is 5.32 Å². The van der Waals surface area contributed by atoms with Gasteiger partial charge in [-0.2, -0.15) is 0 Å². The molecule has 0 radical (unpaired) electrons. The fourth-order valence-electron chi connectivity index (χ4n) is 3.00. The third-order valence-corrected chi connectivity index (χ3v) is 4.66. The second-order valence-corrected chi connectivity index (χ2v) is 6.66. The van der Waals surface area contributed by atoms with Crippen molar-refractivity contribution >= 4 is 16.7 Å². The minimum Gasteiger partial charge on any atom is -0.492 e. The molecular formula is C24H27NO3. The minimum absolute atomic E-state index is 0.121. The van der Waals surface area contributed by atoms with E-state index in [9.17, 15) is 4.79 Å². The Hall–Kier alpha value is -3.01. The number of benzene rings is 3. The molecule has 0 heterocycles. The number of carbonyl (C=O) groups is 1. The molecule has 3 rings (SSSR count). The molecule has 0 saturated heterocycles. The van der Waals surface area contributed by atoms with Gasteiger partial charge < -0.3 is 14.8 Å². The van der Waals surface area contributed by atoms with E-state index < -0.39 is 6.10 Å². The van der Waals surface area contributed by atoms with Crippen LogP contribution in [0.5, 0.6) is 11.5 Å². The van der Waals surface area contributed by atoms with Crippen LogP contribution in [0, 0.1) is 0 Å². The van der Waals surface area contributed by atoms with Gasteiger partial charge in [0.15, 0.2) is 6.10 Å². The monoisotopic (exact) mass is 377 g/mol. The first kappa shape index (κ1) is 19.7. The summed E-state index contributed by atoms with van der Waals surface area (Å²) >= 11 is 0. The molecule has 3 aromatic rings. The van der Waals surface area contributed by atoms with Crippen LogP contribution >= 0.6 is 0 Å². The molecule has 3 aromatic carbocycles. The first-order chi connectivity index (χ1) is 13.7. The van der Waals surface area contributed by atoms with Crippen molar-refractivity contribution in [2.75, 3.05) is 13.2 Å². The van der Waals surface area contributed by atoms with Gasteiger partial charge in [-0.25, -0.2) is 0 Å². The molecule has 146 valence electrons. The van der Waals surface area contributed by atoms with E-state index in [-0.39, 0.29) is 5.91 Å². The molecule has 0 aliphatic heterocycles. The zero-order valence-corrected chi connectivity index (χ0v) is 16.5. The fraction of sp³-hybridized carbons (Fsp3) is 0.292. The van der Waals surface area contributed by atoms with Gasteiger partial charge in [0.1, 0.15) is 18.1 Å². The summed E-state index contributed by atoms with van der Waals surface area (Å²) in [6, 6.07) is 22.0. The van der Waals surface area contributed by atoms with Crippen molar-refractivity contribution in [3.05, 3.63) is 72.3 Å². The summed E-state index contributed by atoms with van der Waals surface area (Å²) < 4.78 is 11.6. The van der Waals surface area contributed by atoms with Gasteiger partial charge in [0.05, 0.1) is 6.54 Å². The van der Waals surface area contributed by atoms with Crippen molar-refractivity contribution in [2.24, 2.45) is 0 Å². The minimum atomic E-state index is -0.506. The van der Waals surface area contributed by atoms with E-state index in [1.807, 2.05) is 61.5 Å². The Labute approximate surface area is 166 Å². The van der Waals surface area contributed by atoms with Gasteiger partial charge in [0, 0.05) is 0 Å². The quantitative estimate of drug-likeness (QED) is 0.547. The van der Waals surface area contributed by atoms with Crippen LogP contribution < -0.4 is 14.8 Å². The van der Waals surface area contributed by atoms with Crippen molar-refractivity contribution in [1.29, 1.82) is 0 Å². The van der Waals surface area contributed by atoms with Gasteiger partial charge in [0.25, 0.3) is 5.91 Å². The molecule has 0 aliphatic rings. The molecule has 4 nitrogen and oxygen atoms in total. The second kappa shape index (κ2) is 9.79. The van der Waals surface area contributed by atoms with Crippen LogP contribution in [0.15, 0.2) is 66.7 Å². The van der Waals surface area contributed by atoms with E-state index in [1.165, 1.54) is 10.9 Å². The maximum atomic E-state index is 12.4. The number of ether oxygens (including phenoxy) is 2. The van der Waals surface area contributed by atoms with Crippen molar-refractivity contribution in [2.45, 2.75) is 32.8 Å². The van der Waals surface area contributed by atoms with Gasteiger partial charge in [-0.05, 0) is 53.4 Å². The van der Waals surface area contributed by atoms with Gasteiger partial charge in [-0.1, -0.05) is 56.3 Å². The van der Waals surface area contributed by atoms with E-state index in [2.05, 4.69) is 24.4 Å². The third kappa shape index (κ3) is 5.26. The first-order valence-corrected chi connectivity index (χ1v) is 9.84. The van der Waals surface area contributed by atoms with Gasteiger partial charge in [-0.3, -0.25) is 4.79 Å². The maximum Gasteiger partial charge on any atom is 0.261 e. The Morgan fingerprint density at radius 1 is 0.929 bits per heavy atom. The summed E-state index contributed by atoms with van der Waals surface area (Å²) in [5.41, 5.74) is 1.25. The summed E-state index contributed by atoms with van der Waals surface area (Å²) in [4.78, 5) is 12.4. The zero-order valence-electron chi connectivity index (χ0n) is 16.5. The lowest BCUT2D eigenvalue weighted by Gasteiger charge is -2.17. The molecule has 0 bridgehead atoms. The molecule has 0 unspecified atom stereocenters. The van der Waals surface area contributed by atoms with Gasteiger partial charge >= 0.3 is 0 Å². The molecule has 4 heteroatoms. The Morgan fingerprint density at radius 2 is 1.64 bits per heavy atom. The number of amides is 1. The number of rotatable bonds is 9. The maximum absolute atomic E-state index is 12.4. The van der Waals surface area contributed by atoms with Crippen molar-refractivity contribution in [3.63, 3.8) is 0 Å². The predicted octanol–water partition coefficient (Wildman–Crippen LogP) is 4.75. The summed E-state index contributed by atoms with van der Waals surface area (Å²) in [5, 5.41) is 5.21. The molecule has 0 spiro atoms. The Bertz CT molecular complexity index is 905. The Kier molecular flexibility index (Phi) is 6.90. The Balaban J connectivity index is 1.46. The summed E-state index contributed by atoms with van der Waals surface area (Å²) in [7, 11) is 0. The van der Waals surface area contributed by atoms with Crippen LogP contribution in [0.1, 0.15) is 25.8 Å². The molecule has 28 heavy (non-hydrogen) atoms. The molecule has 1 atom stereocenters. The lowest BCUT2D eigenvalue weighted by molar-refractivity contribution is -0.128. The van der Waals surface area contributed by atoms with E-state index >= 15 is 0 Å². The van der Waals surface area contributed by atoms with Crippen LogP contribution in [-0.2, 0) is 11.2 Å². The topological polar surface area (TPSA) is 47.6 Å². The SMILES string of the molecule is CCc1ccc(O[C@@H](CC)C(=O)NCCOc2ccc3ccccc3c2)cc1. The fourth-order valence-corrected chi connectivity index (χ4v) is 3.00. The molecule has 0 aliphatic carbocycles. The first-order valence-electron chi connectivity index (χ1n) is 9.84. The second-order valence-electron chi connectivity index (χ2n) is 6.66. The molecule has 1 amide bonds. The number of fused-ring (bicyclic) bond motifs is 1. The van der Waals surface area contributed by atoms with E-state index in [1.54, 1.807) is 0 Å². The van der Waals surface area contributed by atoms with Crippen LogP contribution in [0.25, 0.3) is 10.8 Å². The molecular weight excluding hydrogens is 350 g/mol. The molecule has 0 aromatic heterocycles.